The number of allylic oxidation sites excluding steroid dienone is 1. The first-order valence-corrected chi connectivity index (χ1v) is 10.6. The van der Waals surface area contributed by atoms with Gasteiger partial charge >= 0.3 is 5.71 Å². The van der Waals surface area contributed by atoms with Crippen molar-refractivity contribution in [1.29, 1.82) is 0 Å². The Morgan fingerprint density at radius 2 is 2.19 bits per heavy atom. The Labute approximate surface area is 186 Å². The van der Waals surface area contributed by atoms with Crippen LogP contribution in [0.3, 0.4) is 0 Å². The zero-order valence-electron chi connectivity index (χ0n) is 18.8. The molecule has 0 bridgehead atoms. The lowest BCUT2D eigenvalue weighted by Crippen LogP contribution is -2.36. The van der Waals surface area contributed by atoms with E-state index in [1.807, 2.05) is 27.0 Å². The molecule has 2 heterocycles. The molecule has 1 aromatic heterocycles. The third-order valence-corrected chi connectivity index (χ3v) is 4.78. The van der Waals surface area contributed by atoms with Crippen LogP contribution in [0, 0.1) is 23.7 Å². The summed E-state index contributed by atoms with van der Waals surface area (Å²) in [6.45, 7) is 6.33. The Balaban J connectivity index is 1.66. The van der Waals surface area contributed by atoms with Gasteiger partial charge < -0.3 is 0 Å². The van der Waals surface area contributed by atoms with Gasteiger partial charge in [-0.15, -0.1) is 0 Å². The Kier molecular flexibility index (Phi) is 7.86. The molecular weight excluding hydrogens is 416 g/mol. The maximum absolute atomic E-state index is 13.1. The number of hydrogen-bond donors (Lipinski definition) is 0. The van der Waals surface area contributed by atoms with Crippen molar-refractivity contribution >= 4 is 24.0 Å². The molecule has 1 aliphatic heterocycles. The summed E-state index contributed by atoms with van der Waals surface area (Å²) >= 11 is 0. The number of aryl methyl sites for hydroxylation is 1. The van der Waals surface area contributed by atoms with Gasteiger partial charge in [-0.05, 0) is 39.7 Å². The lowest BCUT2D eigenvalue weighted by Gasteiger charge is -2.20. The van der Waals surface area contributed by atoms with Crippen LogP contribution >= 0.6 is 0 Å². The highest BCUT2D eigenvalue weighted by molar-refractivity contribution is 6.04. The van der Waals surface area contributed by atoms with Crippen LogP contribution in [0.1, 0.15) is 56.1 Å². The normalized spacial score (nSPS) is 18.3. The number of aliphatic imine (C=N–C) groups is 1. The van der Waals surface area contributed by atoms with Crippen LogP contribution in [-0.4, -0.2) is 58.1 Å². The smallest absolute Gasteiger partial charge is 0.295 e. The van der Waals surface area contributed by atoms with Gasteiger partial charge in [-0.1, -0.05) is 16.5 Å². The number of hydroxylamine groups is 2. The molecule has 0 spiro atoms. The average Bonchev–Trinajstić information content (AvgIpc) is 3.46. The second kappa shape index (κ2) is 10.6. The highest BCUT2D eigenvalue weighted by atomic mass is 19.3. The van der Waals surface area contributed by atoms with Gasteiger partial charge in [0.1, 0.15) is 18.2 Å². The van der Waals surface area contributed by atoms with Crippen LogP contribution in [0.4, 0.5) is 8.78 Å². The van der Waals surface area contributed by atoms with Crippen molar-refractivity contribution in [3.05, 3.63) is 29.1 Å². The number of carbonyl (C=O) groups is 1. The minimum Gasteiger partial charge on any atom is -0.295 e. The van der Waals surface area contributed by atoms with Gasteiger partial charge in [-0.2, -0.15) is 10.2 Å². The van der Waals surface area contributed by atoms with Crippen LogP contribution in [0.15, 0.2) is 22.8 Å². The molecule has 7 nitrogen and oxygen atoms in total. The molecule has 170 valence electrons. The summed E-state index contributed by atoms with van der Waals surface area (Å²) < 4.78 is 31.9. The molecule has 0 saturated heterocycles. The number of nitrogens with zero attached hydrogens (tertiary/aromatic N) is 5. The van der Waals surface area contributed by atoms with Crippen molar-refractivity contribution in [3.8, 4) is 11.8 Å². The topological polar surface area (TPSA) is 73.8 Å². The summed E-state index contributed by atoms with van der Waals surface area (Å²) in [4.78, 5) is 21.9. The van der Waals surface area contributed by atoms with Gasteiger partial charge in [0.05, 0.1) is 18.2 Å². The first-order chi connectivity index (χ1) is 15.2. The van der Waals surface area contributed by atoms with Crippen molar-refractivity contribution in [2.24, 2.45) is 23.9 Å². The van der Waals surface area contributed by atoms with E-state index in [4.69, 9.17) is 4.84 Å². The van der Waals surface area contributed by atoms with Gasteiger partial charge in [0.2, 0.25) is 0 Å². The van der Waals surface area contributed by atoms with Crippen molar-refractivity contribution in [2.75, 3.05) is 13.1 Å². The largest absolute Gasteiger partial charge is 0.322 e. The zero-order chi connectivity index (χ0) is 23.3. The first-order valence-electron chi connectivity index (χ1n) is 10.6. The predicted molar refractivity (Wildman–Crippen MR) is 120 cm³/mol. The van der Waals surface area contributed by atoms with Crippen LogP contribution in [0.5, 0.6) is 0 Å². The molecule has 0 N–H and O–H groups in total. The Hall–Kier alpha value is -2.92. The zero-order valence-corrected chi connectivity index (χ0v) is 18.8. The van der Waals surface area contributed by atoms with Gasteiger partial charge in [-0.25, -0.2) is 13.8 Å². The van der Waals surface area contributed by atoms with E-state index >= 15 is 0 Å². The third kappa shape index (κ3) is 6.79. The van der Waals surface area contributed by atoms with E-state index in [0.717, 1.165) is 11.3 Å². The summed E-state index contributed by atoms with van der Waals surface area (Å²) in [5.74, 6) is 6.29. The number of rotatable bonds is 8. The van der Waals surface area contributed by atoms with Crippen molar-refractivity contribution < 1.29 is 18.4 Å². The quantitative estimate of drug-likeness (QED) is 0.268. The molecule has 1 amide bonds. The predicted octanol–water partition coefficient (Wildman–Crippen LogP) is 2.78. The van der Waals surface area contributed by atoms with E-state index in [9.17, 15) is 13.6 Å². The van der Waals surface area contributed by atoms with E-state index in [-0.39, 0.29) is 24.1 Å². The number of carbonyl (C=O) groups excluding carboxylic acids is 1. The number of aromatic nitrogens is 2. The van der Waals surface area contributed by atoms with Gasteiger partial charge in [-0.3, -0.25) is 14.3 Å². The standard InChI is InChI=1S/C23H28F2N5O2/c1-15(2)32-30(10-9-26-23(31)19-13-29(4)28-21(19)22(24)25)14-20-16(3)11-18(12-27-20)8-7-17-5-6-17/h9,11-13,15,17-18,22H,5-6,10,14H2,1-4H3/q+1. The van der Waals surface area contributed by atoms with Crippen molar-refractivity contribution in [1.82, 2.24) is 19.5 Å². The fraction of sp³-hybridized carbons (Fsp3) is 0.522. The molecule has 1 saturated carbocycles. The number of hydrogen-bond acceptors (Lipinski definition) is 4. The van der Waals surface area contributed by atoms with Gasteiger partial charge in [0.25, 0.3) is 18.5 Å². The van der Waals surface area contributed by atoms with Crippen LogP contribution in [0.2, 0.25) is 0 Å². The Morgan fingerprint density at radius 1 is 1.44 bits per heavy atom. The molecular formula is C23H28F2N5O2+. The molecule has 1 unspecified atom stereocenters. The monoisotopic (exact) mass is 444 g/mol. The van der Waals surface area contributed by atoms with Gasteiger partial charge in [0, 0.05) is 31.0 Å². The van der Waals surface area contributed by atoms with E-state index in [1.165, 1.54) is 37.0 Å². The number of amides is 1. The highest BCUT2D eigenvalue weighted by Crippen LogP contribution is 2.27. The minimum absolute atomic E-state index is 0.0153. The summed E-state index contributed by atoms with van der Waals surface area (Å²) in [7, 11) is 1.48. The maximum Gasteiger partial charge on any atom is 0.322 e. The summed E-state index contributed by atoms with van der Waals surface area (Å²) in [5.41, 5.74) is 1.07. The lowest BCUT2D eigenvalue weighted by molar-refractivity contribution is -0.167. The molecule has 2 aliphatic rings. The molecule has 9 heteroatoms. The van der Waals surface area contributed by atoms with Crippen LogP contribution < -0.4 is 4.67 Å². The first kappa shape index (κ1) is 23.7. The molecule has 1 atom stereocenters. The third-order valence-electron chi connectivity index (χ3n) is 4.78. The summed E-state index contributed by atoms with van der Waals surface area (Å²) in [6.07, 6.45) is 5.93. The fourth-order valence-corrected chi connectivity index (χ4v) is 3.09. The molecule has 1 fully saturated rings. The summed E-state index contributed by atoms with van der Waals surface area (Å²) in [5, 5.41) is 5.27. The molecule has 0 aromatic carbocycles. The Bertz CT molecular complexity index is 1030. The molecule has 0 radical (unpaired) electrons. The average molecular weight is 445 g/mol. The summed E-state index contributed by atoms with van der Waals surface area (Å²) in [6, 6.07) is 0. The molecule has 1 aliphatic carbocycles. The van der Waals surface area contributed by atoms with Crippen molar-refractivity contribution in [2.45, 2.75) is 46.1 Å². The molecule has 1 aromatic rings. The maximum atomic E-state index is 13.1. The second-order valence-corrected chi connectivity index (χ2v) is 8.16. The fourth-order valence-electron chi connectivity index (χ4n) is 3.09. The molecule has 3 rings (SSSR count). The highest BCUT2D eigenvalue weighted by Gasteiger charge is 2.25. The Morgan fingerprint density at radius 3 is 2.81 bits per heavy atom. The van der Waals surface area contributed by atoms with Crippen LogP contribution in [-0.2, 0) is 11.9 Å². The van der Waals surface area contributed by atoms with E-state index in [0.29, 0.717) is 12.5 Å². The number of alkyl halides is 2. The van der Waals surface area contributed by atoms with E-state index in [1.54, 1.807) is 5.06 Å². The van der Waals surface area contributed by atoms with Crippen molar-refractivity contribution in [3.63, 3.8) is 0 Å². The van der Waals surface area contributed by atoms with E-state index < -0.39 is 18.0 Å². The lowest BCUT2D eigenvalue weighted by atomic mass is 10.0. The van der Waals surface area contributed by atoms with E-state index in [2.05, 4.69) is 32.7 Å². The number of halogens is 2. The van der Waals surface area contributed by atoms with Crippen LogP contribution in [0.25, 0.3) is 0 Å². The minimum atomic E-state index is -2.85. The SMILES string of the molecule is CC1=CC(C#CC2CC2)C=[N+]=C1CN(CC=NC(=O)c1cn(C)nc1C(F)F)OC(C)C. The second-order valence-electron chi connectivity index (χ2n) is 8.16. The van der Waals surface area contributed by atoms with Gasteiger partial charge in [0.15, 0.2) is 0 Å². The molecule has 32 heavy (non-hydrogen) atoms.